The molecule has 1 N–H and O–H groups in total. The Morgan fingerprint density at radius 3 is 2.68 bits per heavy atom. The van der Waals surface area contributed by atoms with Crippen LogP contribution in [0.1, 0.15) is 16.1 Å². The lowest BCUT2D eigenvalue weighted by Crippen LogP contribution is -2.01. The molecule has 0 fully saturated rings. The van der Waals surface area contributed by atoms with E-state index in [2.05, 4.69) is 4.98 Å². The van der Waals surface area contributed by atoms with Gasteiger partial charge < -0.3 is 14.6 Å². The van der Waals surface area contributed by atoms with Crippen molar-refractivity contribution in [3.8, 4) is 17.4 Å². The number of pyridine rings is 1. The molecule has 2 aromatic rings. The van der Waals surface area contributed by atoms with Crippen molar-refractivity contribution >= 4 is 5.97 Å². The van der Waals surface area contributed by atoms with E-state index in [0.717, 1.165) is 5.56 Å². The van der Waals surface area contributed by atoms with Gasteiger partial charge in [0.2, 0.25) is 5.88 Å². The molecule has 0 atom stereocenters. The standard InChI is InChI=1S/C14H13NO4/c1-9-6-7-11(12(8-9)18-2)19-13-5-3-4-10(15-13)14(16)17/h3-8H,1-2H3,(H,16,17). The number of rotatable bonds is 4. The van der Waals surface area contributed by atoms with Gasteiger partial charge in [0.05, 0.1) is 7.11 Å². The Morgan fingerprint density at radius 1 is 1.21 bits per heavy atom. The fourth-order valence-corrected chi connectivity index (χ4v) is 1.56. The second-order valence-corrected chi connectivity index (χ2v) is 3.92. The van der Waals surface area contributed by atoms with Gasteiger partial charge in [-0.2, -0.15) is 0 Å². The van der Waals surface area contributed by atoms with E-state index in [1.165, 1.54) is 6.07 Å². The molecule has 0 saturated heterocycles. The number of carboxylic acid groups (broad SMARTS) is 1. The van der Waals surface area contributed by atoms with E-state index in [-0.39, 0.29) is 11.6 Å². The third-order valence-corrected chi connectivity index (χ3v) is 2.48. The Hall–Kier alpha value is -2.56. The summed E-state index contributed by atoms with van der Waals surface area (Å²) in [6.45, 7) is 1.94. The van der Waals surface area contributed by atoms with Crippen LogP contribution in [0.3, 0.4) is 0 Å². The summed E-state index contributed by atoms with van der Waals surface area (Å²) in [5, 5.41) is 8.87. The molecule has 5 heteroatoms. The lowest BCUT2D eigenvalue weighted by molar-refractivity contribution is 0.0689. The highest BCUT2D eigenvalue weighted by Gasteiger charge is 2.09. The number of methoxy groups -OCH3 is 1. The maximum absolute atomic E-state index is 10.8. The van der Waals surface area contributed by atoms with Crippen molar-refractivity contribution < 1.29 is 19.4 Å². The van der Waals surface area contributed by atoms with Crippen LogP contribution in [0.25, 0.3) is 0 Å². The molecular weight excluding hydrogens is 246 g/mol. The molecule has 0 aliphatic carbocycles. The largest absolute Gasteiger partial charge is 0.493 e. The third-order valence-electron chi connectivity index (χ3n) is 2.48. The van der Waals surface area contributed by atoms with Crippen molar-refractivity contribution in [2.75, 3.05) is 7.11 Å². The van der Waals surface area contributed by atoms with Crippen molar-refractivity contribution in [1.82, 2.24) is 4.98 Å². The smallest absolute Gasteiger partial charge is 0.354 e. The van der Waals surface area contributed by atoms with Crippen molar-refractivity contribution in [2.24, 2.45) is 0 Å². The first kappa shape index (κ1) is 12.9. The number of hydrogen-bond acceptors (Lipinski definition) is 4. The maximum Gasteiger partial charge on any atom is 0.354 e. The Labute approximate surface area is 110 Å². The third kappa shape index (κ3) is 3.01. The average Bonchev–Trinajstić information content (AvgIpc) is 2.41. The van der Waals surface area contributed by atoms with Crippen LogP contribution in [0, 0.1) is 6.92 Å². The molecule has 1 aromatic heterocycles. The number of nitrogens with zero attached hydrogens (tertiary/aromatic N) is 1. The fourth-order valence-electron chi connectivity index (χ4n) is 1.56. The van der Waals surface area contributed by atoms with E-state index < -0.39 is 5.97 Å². The van der Waals surface area contributed by atoms with Gasteiger partial charge in [-0.3, -0.25) is 0 Å². The summed E-state index contributed by atoms with van der Waals surface area (Å²) in [6.07, 6.45) is 0. The van der Waals surface area contributed by atoms with E-state index in [4.69, 9.17) is 14.6 Å². The highest BCUT2D eigenvalue weighted by Crippen LogP contribution is 2.31. The minimum absolute atomic E-state index is 0.0661. The lowest BCUT2D eigenvalue weighted by Gasteiger charge is -2.10. The summed E-state index contributed by atoms with van der Waals surface area (Å²) in [4.78, 5) is 14.7. The Morgan fingerprint density at radius 2 is 2.00 bits per heavy atom. The second-order valence-electron chi connectivity index (χ2n) is 3.92. The number of hydrogen-bond donors (Lipinski definition) is 1. The highest BCUT2D eigenvalue weighted by molar-refractivity contribution is 5.85. The molecule has 1 heterocycles. The van der Waals surface area contributed by atoms with Crippen LogP contribution in [0.5, 0.6) is 17.4 Å². The van der Waals surface area contributed by atoms with E-state index >= 15 is 0 Å². The highest BCUT2D eigenvalue weighted by atomic mass is 16.5. The summed E-state index contributed by atoms with van der Waals surface area (Å²) in [5.41, 5.74) is 0.972. The molecule has 2 rings (SSSR count). The van der Waals surface area contributed by atoms with Crippen molar-refractivity contribution in [1.29, 1.82) is 0 Å². The average molecular weight is 259 g/mol. The number of aromatic carboxylic acids is 1. The fraction of sp³-hybridized carbons (Fsp3) is 0.143. The minimum atomic E-state index is -1.10. The van der Waals surface area contributed by atoms with Gasteiger partial charge in [0, 0.05) is 6.07 Å². The summed E-state index contributed by atoms with van der Waals surface area (Å²) in [7, 11) is 1.54. The zero-order valence-electron chi connectivity index (χ0n) is 10.6. The van der Waals surface area contributed by atoms with Gasteiger partial charge in [0.25, 0.3) is 0 Å². The minimum Gasteiger partial charge on any atom is -0.493 e. The molecule has 0 unspecified atom stereocenters. The number of carboxylic acids is 1. The molecule has 0 spiro atoms. The van der Waals surface area contributed by atoms with Crippen molar-refractivity contribution in [3.05, 3.63) is 47.7 Å². The summed E-state index contributed by atoms with van der Waals surface area (Å²) in [6, 6.07) is 10.0. The maximum atomic E-state index is 10.8. The molecule has 5 nitrogen and oxygen atoms in total. The van der Waals surface area contributed by atoms with Crippen LogP contribution in [0.2, 0.25) is 0 Å². The van der Waals surface area contributed by atoms with Crippen LogP contribution in [0.4, 0.5) is 0 Å². The van der Waals surface area contributed by atoms with Gasteiger partial charge in [-0.1, -0.05) is 12.1 Å². The zero-order valence-corrected chi connectivity index (χ0v) is 10.6. The van der Waals surface area contributed by atoms with Crippen LogP contribution in [-0.2, 0) is 0 Å². The van der Waals surface area contributed by atoms with Crippen LogP contribution >= 0.6 is 0 Å². The van der Waals surface area contributed by atoms with E-state index in [1.54, 1.807) is 25.3 Å². The number of carbonyl (C=O) groups is 1. The molecule has 0 amide bonds. The van der Waals surface area contributed by atoms with Gasteiger partial charge in [-0.15, -0.1) is 0 Å². The molecule has 0 bridgehead atoms. The monoisotopic (exact) mass is 259 g/mol. The van der Waals surface area contributed by atoms with E-state index in [0.29, 0.717) is 11.5 Å². The summed E-state index contributed by atoms with van der Waals surface area (Å²) in [5.74, 6) is 0.175. The number of aromatic nitrogens is 1. The first-order valence-corrected chi connectivity index (χ1v) is 5.63. The Kier molecular flexibility index (Phi) is 3.66. The van der Waals surface area contributed by atoms with Crippen LogP contribution in [0.15, 0.2) is 36.4 Å². The quantitative estimate of drug-likeness (QED) is 0.914. The first-order chi connectivity index (χ1) is 9.10. The summed E-state index contributed by atoms with van der Waals surface area (Å²) >= 11 is 0. The predicted octanol–water partition coefficient (Wildman–Crippen LogP) is 2.89. The molecule has 0 saturated carbocycles. The normalized spacial score (nSPS) is 10.0. The number of ether oxygens (including phenoxy) is 2. The predicted molar refractivity (Wildman–Crippen MR) is 69.0 cm³/mol. The Balaban J connectivity index is 2.30. The molecule has 1 aromatic carbocycles. The molecule has 0 radical (unpaired) electrons. The van der Waals surface area contributed by atoms with Crippen molar-refractivity contribution in [3.63, 3.8) is 0 Å². The molecule has 0 aliphatic heterocycles. The van der Waals surface area contributed by atoms with Gasteiger partial charge in [0.1, 0.15) is 0 Å². The van der Waals surface area contributed by atoms with E-state index in [9.17, 15) is 4.79 Å². The van der Waals surface area contributed by atoms with E-state index in [1.807, 2.05) is 19.1 Å². The van der Waals surface area contributed by atoms with Gasteiger partial charge in [-0.25, -0.2) is 9.78 Å². The second kappa shape index (κ2) is 5.39. The van der Waals surface area contributed by atoms with Crippen LogP contribution in [-0.4, -0.2) is 23.2 Å². The zero-order chi connectivity index (χ0) is 13.8. The molecule has 98 valence electrons. The van der Waals surface area contributed by atoms with Crippen LogP contribution < -0.4 is 9.47 Å². The molecule has 19 heavy (non-hydrogen) atoms. The molecular formula is C14H13NO4. The Bertz CT molecular complexity index is 610. The van der Waals surface area contributed by atoms with Gasteiger partial charge in [-0.05, 0) is 30.7 Å². The molecule has 0 aliphatic rings. The van der Waals surface area contributed by atoms with Gasteiger partial charge >= 0.3 is 5.97 Å². The first-order valence-electron chi connectivity index (χ1n) is 5.63. The SMILES string of the molecule is COc1cc(C)ccc1Oc1cccc(C(=O)O)n1. The van der Waals surface area contributed by atoms with Gasteiger partial charge in [0.15, 0.2) is 17.2 Å². The topological polar surface area (TPSA) is 68.7 Å². The van der Waals surface area contributed by atoms with Crippen molar-refractivity contribution in [2.45, 2.75) is 6.92 Å². The number of aryl methyl sites for hydroxylation is 1. The number of benzene rings is 1. The summed E-state index contributed by atoms with van der Waals surface area (Å²) < 4.78 is 10.8. The lowest BCUT2D eigenvalue weighted by atomic mass is 10.2.